The number of carbonyl (C=O) groups excluding carboxylic acids is 1. The van der Waals surface area contributed by atoms with Crippen LogP contribution in [-0.4, -0.2) is 27.3 Å². The van der Waals surface area contributed by atoms with Gasteiger partial charge in [0.05, 0.1) is 16.8 Å². The molecule has 33 heavy (non-hydrogen) atoms. The van der Waals surface area contributed by atoms with Crippen LogP contribution in [0.25, 0.3) is 10.2 Å². The molecule has 0 saturated carbocycles. The molecule has 4 heterocycles. The second-order valence-corrected chi connectivity index (χ2v) is 10.6. The van der Waals surface area contributed by atoms with Gasteiger partial charge in [-0.05, 0) is 68.8 Å². The number of fused-ring (bicyclic) bond motifs is 1. The number of aromatic amines is 1. The van der Waals surface area contributed by atoms with Gasteiger partial charge in [-0.3, -0.25) is 14.5 Å². The molecule has 1 amide bonds. The van der Waals surface area contributed by atoms with Crippen molar-refractivity contribution >= 4 is 44.5 Å². The van der Waals surface area contributed by atoms with Crippen LogP contribution >= 0.6 is 22.7 Å². The Morgan fingerprint density at radius 2 is 2.12 bits per heavy atom. The van der Waals surface area contributed by atoms with Gasteiger partial charge in [0.2, 0.25) is 0 Å². The van der Waals surface area contributed by atoms with E-state index in [9.17, 15) is 9.59 Å². The molecule has 0 radical (unpaired) electrons. The van der Waals surface area contributed by atoms with Crippen molar-refractivity contribution in [1.29, 1.82) is 0 Å². The van der Waals surface area contributed by atoms with Crippen LogP contribution in [0.4, 0.5) is 5.69 Å². The van der Waals surface area contributed by atoms with E-state index in [2.05, 4.69) is 32.7 Å². The number of aromatic nitrogens is 2. The molecule has 0 bridgehead atoms. The minimum Gasteiger partial charge on any atom is -0.321 e. The van der Waals surface area contributed by atoms with E-state index in [-0.39, 0.29) is 11.5 Å². The van der Waals surface area contributed by atoms with E-state index >= 15 is 0 Å². The van der Waals surface area contributed by atoms with Gasteiger partial charge < -0.3 is 10.3 Å². The van der Waals surface area contributed by atoms with Gasteiger partial charge >= 0.3 is 0 Å². The van der Waals surface area contributed by atoms with Gasteiger partial charge in [-0.2, -0.15) is 0 Å². The number of nitrogens with zero attached hydrogens (tertiary/aromatic N) is 2. The van der Waals surface area contributed by atoms with E-state index in [0.717, 1.165) is 36.2 Å². The Morgan fingerprint density at radius 3 is 2.88 bits per heavy atom. The molecule has 1 unspecified atom stereocenters. The molecule has 1 atom stereocenters. The standard InChI is InChI=1S/C25H26N4O2S2/c1-14-8-9-17(15(2)12-14)26-24(31)22-16(3)21-23(30)27-20(28-25(21)33-22)13-29-10-4-6-18(29)19-7-5-11-32-19/h5,7-9,11-12,18H,4,6,10,13H2,1-3H3,(H,26,31)(H,27,28,30). The van der Waals surface area contributed by atoms with Gasteiger partial charge in [0.25, 0.3) is 11.5 Å². The summed E-state index contributed by atoms with van der Waals surface area (Å²) in [7, 11) is 0. The van der Waals surface area contributed by atoms with E-state index in [0.29, 0.717) is 39.1 Å². The van der Waals surface area contributed by atoms with Crippen LogP contribution in [0, 0.1) is 20.8 Å². The number of anilines is 1. The second kappa shape index (κ2) is 8.85. The smallest absolute Gasteiger partial charge is 0.266 e. The van der Waals surface area contributed by atoms with Crippen molar-refractivity contribution in [2.45, 2.75) is 46.2 Å². The lowest BCUT2D eigenvalue weighted by Crippen LogP contribution is -2.25. The van der Waals surface area contributed by atoms with Crippen molar-refractivity contribution in [2.24, 2.45) is 0 Å². The van der Waals surface area contributed by atoms with Crippen LogP contribution in [0.3, 0.4) is 0 Å². The highest BCUT2D eigenvalue weighted by atomic mass is 32.1. The Bertz CT molecular complexity index is 1390. The van der Waals surface area contributed by atoms with Gasteiger partial charge in [0, 0.05) is 16.6 Å². The van der Waals surface area contributed by atoms with Crippen molar-refractivity contribution in [3.63, 3.8) is 0 Å². The quantitative estimate of drug-likeness (QED) is 0.394. The monoisotopic (exact) mass is 478 g/mol. The maximum atomic E-state index is 13.0. The number of thiophene rings is 2. The van der Waals surface area contributed by atoms with Gasteiger partial charge in [-0.25, -0.2) is 4.98 Å². The number of rotatable bonds is 5. The van der Waals surface area contributed by atoms with Crippen LogP contribution in [-0.2, 0) is 6.54 Å². The Morgan fingerprint density at radius 1 is 1.27 bits per heavy atom. The lowest BCUT2D eigenvalue weighted by Gasteiger charge is -2.22. The Balaban J connectivity index is 1.42. The zero-order chi connectivity index (χ0) is 23.1. The van der Waals surface area contributed by atoms with Crippen LogP contribution in [0.1, 0.15) is 55.9 Å². The van der Waals surface area contributed by atoms with E-state index in [1.54, 1.807) is 11.3 Å². The third kappa shape index (κ3) is 4.26. The normalized spacial score (nSPS) is 16.5. The number of hydrogen-bond acceptors (Lipinski definition) is 6. The second-order valence-electron chi connectivity index (χ2n) is 8.67. The van der Waals surface area contributed by atoms with E-state index in [1.807, 2.05) is 39.0 Å². The topological polar surface area (TPSA) is 78.1 Å². The highest BCUT2D eigenvalue weighted by Gasteiger charge is 2.28. The molecule has 8 heteroatoms. The fourth-order valence-electron chi connectivity index (χ4n) is 4.62. The summed E-state index contributed by atoms with van der Waals surface area (Å²) in [6.45, 7) is 7.39. The predicted molar refractivity (Wildman–Crippen MR) is 136 cm³/mol. The number of benzene rings is 1. The summed E-state index contributed by atoms with van der Waals surface area (Å²) in [6, 6.07) is 10.6. The molecule has 3 aromatic heterocycles. The summed E-state index contributed by atoms with van der Waals surface area (Å²) < 4.78 is 0. The summed E-state index contributed by atoms with van der Waals surface area (Å²) in [6.07, 6.45) is 2.25. The highest BCUT2D eigenvalue weighted by molar-refractivity contribution is 7.20. The van der Waals surface area contributed by atoms with Crippen molar-refractivity contribution in [3.05, 3.63) is 78.3 Å². The lowest BCUT2D eigenvalue weighted by atomic mass is 10.1. The molecule has 5 rings (SSSR count). The molecule has 1 aromatic carbocycles. The zero-order valence-corrected chi connectivity index (χ0v) is 20.5. The predicted octanol–water partition coefficient (Wildman–Crippen LogP) is 5.56. The average molecular weight is 479 g/mol. The minimum atomic E-state index is -0.208. The molecule has 4 aromatic rings. The summed E-state index contributed by atoms with van der Waals surface area (Å²) in [5.41, 5.74) is 3.42. The first kappa shape index (κ1) is 22.0. The molecule has 1 saturated heterocycles. The Hall–Kier alpha value is -2.81. The number of carbonyl (C=O) groups is 1. The van der Waals surface area contributed by atoms with Gasteiger partial charge in [0.15, 0.2) is 0 Å². The number of hydrogen-bond donors (Lipinski definition) is 2. The highest BCUT2D eigenvalue weighted by Crippen LogP contribution is 2.35. The van der Waals surface area contributed by atoms with Crippen molar-refractivity contribution < 1.29 is 4.79 Å². The third-order valence-corrected chi connectivity index (χ3v) is 8.43. The van der Waals surface area contributed by atoms with Gasteiger partial charge in [-0.1, -0.05) is 23.8 Å². The maximum Gasteiger partial charge on any atom is 0.266 e. The number of likely N-dealkylation sites (tertiary alicyclic amines) is 1. The van der Waals surface area contributed by atoms with Crippen molar-refractivity contribution in [3.8, 4) is 0 Å². The molecule has 1 aliphatic rings. The lowest BCUT2D eigenvalue weighted by molar-refractivity contribution is 0.103. The summed E-state index contributed by atoms with van der Waals surface area (Å²) in [5.74, 6) is 0.444. The first-order valence-corrected chi connectivity index (χ1v) is 12.8. The SMILES string of the molecule is Cc1ccc(NC(=O)c2sc3nc(CN4CCCC4c4cccs4)[nH]c(=O)c3c2C)c(C)c1. The van der Waals surface area contributed by atoms with Crippen molar-refractivity contribution in [2.75, 3.05) is 11.9 Å². The molecule has 1 aliphatic heterocycles. The van der Waals surface area contributed by atoms with Crippen molar-refractivity contribution in [1.82, 2.24) is 14.9 Å². The molecular weight excluding hydrogens is 452 g/mol. The summed E-state index contributed by atoms with van der Waals surface area (Å²) >= 11 is 3.06. The summed E-state index contributed by atoms with van der Waals surface area (Å²) in [5, 5.41) is 5.61. The molecule has 0 spiro atoms. The molecule has 170 valence electrons. The molecular formula is C25H26N4O2S2. The summed E-state index contributed by atoms with van der Waals surface area (Å²) in [4.78, 5) is 38.6. The number of nitrogens with one attached hydrogen (secondary N) is 2. The fraction of sp³-hybridized carbons (Fsp3) is 0.320. The maximum absolute atomic E-state index is 13.0. The molecule has 1 fully saturated rings. The Labute approximate surface area is 200 Å². The molecule has 2 N–H and O–H groups in total. The first-order chi connectivity index (χ1) is 15.9. The van der Waals surface area contributed by atoms with Crippen LogP contribution < -0.4 is 10.9 Å². The van der Waals surface area contributed by atoms with Gasteiger partial charge in [0.1, 0.15) is 10.7 Å². The molecule has 0 aliphatic carbocycles. The Kier molecular flexibility index (Phi) is 5.90. The average Bonchev–Trinajstić information content (AvgIpc) is 3.50. The third-order valence-electron chi connectivity index (χ3n) is 6.27. The van der Waals surface area contributed by atoms with Gasteiger partial charge in [-0.15, -0.1) is 22.7 Å². The van der Waals surface area contributed by atoms with Crippen LogP contribution in [0.2, 0.25) is 0 Å². The van der Waals surface area contributed by atoms with E-state index in [1.165, 1.54) is 16.2 Å². The number of aryl methyl sites for hydroxylation is 3. The molecule has 6 nitrogen and oxygen atoms in total. The van der Waals surface area contributed by atoms with E-state index in [4.69, 9.17) is 4.98 Å². The largest absolute Gasteiger partial charge is 0.321 e. The zero-order valence-electron chi connectivity index (χ0n) is 18.9. The number of H-pyrrole nitrogens is 1. The van der Waals surface area contributed by atoms with E-state index < -0.39 is 0 Å². The minimum absolute atomic E-state index is 0.179. The number of amides is 1. The fourth-order valence-corrected chi connectivity index (χ4v) is 6.62. The van der Waals surface area contributed by atoms with Crippen LogP contribution in [0.15, 0.2) is 40.5 Å². The van der Waals surface area contributed by atoms with Crippen LogP contribution in [0.5, 0.6) is 0 Å². The first-order valence-electron chi connectivity index (χ1n) is 11.1.